The number of carbonyl (C=O) groups excluding carboxylic acids is 1. The molecule has 0 bridgehead atoms. The molecule has 2 aromatic rings. The molecule has 1 heterocycles. The quantitative estimate of drug-likeness (QED) is 0.795. The van der Waals surface area contributed by atoms with E-state index in [9.17, 15) is 9.59 Å². The summed E-state index contributed by atoms with van der Waals surface area (Å²) in [4.78, 5) is 24.2. The Bertz CT molecular complexity index is 692. The minimum absolute atomic E-state index is 0.0156. The molecule has 0 radical (unpaired) electrons. The Morgan fingerprint density at radius 2 is 1.63 bits per heavy atom. The van der Waals surface area contributed by atoms with Crippen LogP contribution < -0.4 is 5.69 Å². The summed E-state index contributed by atoms with van der Waals surface area (Å²) in [5.41, 5.74) is 2.25. The third-order valence-electron chi connectivity index (χ3n) is 3.97. The van der Waals surface area contributed by atoms with Crippen molar-refractivity contribution in [2.45, 2.75) is 20.8 Å². The van der Waals surface area contributed by atoms with E-state index in [1.165, 1.54) is 0 Å². The van der Waals surface area contributed by atoms with Gasteiger partial charge in [0.15, 0.2) is 5.78 Å². The highest BCUT2D eigenvalue weighted by atomic mass is 16.1. The van der Waals surface area contributed by atoms with Gasteiger partial charge in [0.25, 0.3) is 0 Å². The molecule has 1 atom stereocenters. The van der Waals surface area contributed by atoms with Crippen molar-refractivity contribution in [1.82, 2.24) is 9.13 Å². The number of nitrogens with zero attached hydrogens (tertiary/aromatic N) is 2. The molecule has 0 N–H and O–H groups in total. The van der Waals surface area contributed by atoms with Gasteiger partial charge in [-0.05, 0) is 24.1 Å². The summed E-state index contributed by atoms with van der Waals surface area (Å²) in [6.45, 7) is 6.03. The molecule has 4 heteroatoms. The second-order valence-electron chi connectivity index (χ2n) is 5.50. The molecule has 0 aliphatic heterocycles. The van der Waals surface area contributed by atoms with Crippen LogP contribution in [0.25, 0.3) is 11.0 Å². The normalized spacial score (nSPS) is 13.2. The maximum absolute atomic E-state index is 12.3. The maximum Gasteiger partial charge on any atom is 0.328 e. The first-order chi connectivity index (χ1) is 8.84. The molecule has 4 nitrogen and oxygen atoms in total. The SMILES string of the molecule is CC(C)C(C)C(=O)c1ccc2c(c1)n(C)c(=O)n2C. The van der Waals surface area contributed by atoms with Gasteiger partial charge in [-0.25, -0.2) is 4.79 Å². The van der Waals surface area contributed by atoms with Crippen molar-refractivity contribution < 1.29 is 4.79 Å². The lowest BCUT2D eigenvalue weighted by atomic mass is 9.89. The van der Waals surface area contributed by atoms with Crippen molar-refractivity contribution >= 4 is 16.8 Å². The Kier molecular flexibility index (Phi) is 3.35. The molecule has 1 aromatic carbocycles. The van der Waals surface area contributed by atoms with Gasteiger partial charge in [-0.3, -0.25) is 13.9 Å². The monoisotopic (exact) mass is 260 g/mol. The topological polar surface area (TPSA) is 44.0 Å². The summed E-state index contributed by atoms with van der Waals surface area (Å²) in [7, 11) is 3.47. The highest BCUT2D eigenvalue weighted by molar-refractivity contribution is 6.00. The van der Waals surface area contributed by atoms with Gasteiger partial charge in [-0.15, -0.1) is 0 Å². The zero-order valence-electron chi connectivity index (χ0n) is 12.1. The molecule has 0 spiro atoms. The molecular weight excluding hydrogens is 240 g/mol. The molecule has 0 aliphatic carbocycles. The number of Topliss-reactive ketones (excluding diaryl/α,β-unsaturated/α-hetero) is 1. The third-order valence-corrected chi connectivity index (χ3v) is 3.97. The van der Waals surface area contributed by atoms with Gasteiger partial charge in [0.2, 0.25) is 0 Å². The van der Waals surface area contributed by atoms with Crippen LogP contribution in [0.3, 0.4) is 0 Å². The van der Waals surface area contributed by atoms with E-state index in [2.05, 4.69) is 0 Å². The fourth-order valence-electron chi connectivity index (χ4n) is 2.23. The van der Waals surface area contributed by atoms with E-state index in [1.807, 2.05) is 39.0 Å². The largest absolute Gasteiger partial charge is 0.328 e. The Labute approximate surface area is 112 Å². The van der Waals surface area contributed by atoms with Crippen LogP contribution in [0.4, 0.5) is 0 Å². The van der Waals surface area contributed by atoms with Crippen LogP contribution in [-0.2, 0) is 14.1 Å². The second kappa shape index (κ2) is 4.68. The third kappa shape index (κ3) is 2.11. The average molecular weight is 260 g/mol. The van der Waals surface area contributed by atoms with E-state index in [-0.39, 0.29) is 17.4 Å². The van der Waals surface area contributed by atoms with E-state index >= 15 is 0 Å². The molecule has 0 amide bonds. The smallest absolute Gasteiger partial charge is 0.295 e. The first-order valence-corrected chi connectivity index (χ1v) is 6.54. The first-order valence-electron chi connectivity index (χ1n) is 6.54. The number of aryl methyl sites for hydroxylation is 2. The van der Waals surface area contributed by atoms with E-state index in [4.69, 9.17) is 0 Å². The lowest BCUT2D eigenvalue weighted by molar-refractivity contribution is 0.0900. The van der Waals surface area contributed by atoms with Crippen LogP contribution in [0.5, 0.6) is 0 Å². The molecule has 0 fully saturated rings. The Balaban J connectivity index is 2.57. The molecule has 0 saturated carbocycles. The highest BCUT2D eigenvalue weighted by Crippen LogP contribution is 2.20. The average Bonchev–Trinajstić information content (AvgIpc) is 2.61. The molecule has 102 valence electrons. The van der Waals surface area contributed by atoms with E-state index in [0.717, 1.165) is 11.0 Å². The van der Waals surface area contributed by atoms with Crippen molar-refractivity contribution in [1.29, 1.82) is 0 Å². The van der Waals surface area contributed by atoms with Crippen molar-refractivity contribution in [3.05, 3.63) is 34.2 Å². The molecule has 1 unspecified atom stereocenters. The van der Waals surface area contributed by atoms with Gasteiger partial charge in [-0.1, -0.05) is 20.8 Å². The van der Waals surface area contributed by atoms with Gasteiger partial charge in [0.05, 0.1) is 11.0 Å². The van der Waals surface area contributed by atoms with E-state index in [0.29, 0.717) is 11.5 Å². The van der Waals surface area contributed by atoms with Gasteiger partial charge >= 0.3 is 5.69 Å². The van der Waals surface area contributed by atoms with Gasteiger partial charge < -0.3 is 0 Å². The predicted octanol–water partition coefficient (Wildman–Crippen LogP) is 2.35. The van der Waals surface area contributed by atoms with Gasteiger partial charge in [0, 0.05) is 25.6 Å². The molecule has 0 saturated heterocycles. The van der Waals surface area contributed by atoms with E-state index < -0.39 is 0 Å². The predicted molar refractivity (Wildman–Crippen MR) is 76.5 cm³/mol. The lowest BCUT2D eigenvalue weighted by Gasteiger charge is -2.14. The van der Waals surface area contributed by atoms with Crippen molar-refractivity contribution in [2.75, 3.05) is 0 Å². The number of hydrogen-bond donors (Lipinski definition) is 0. The number of imidazole rings is 1. The summed E-state index contributed by atoms with van der Waals surface area (Å²) in [6.07, 6.45) is 0. The molecule has 2 rings (SSSR count). The number of rotatable bonds is 3. The standard InChI is InChI=1S/C15H20N2O2/c1-9(2)10(3)14(18)11-6-7-12-13(8-11)17(5)15(19)16(12)4/h6-10H,1-5H3. The van der Waals surface area contributed by atoms with Crippen molar-refractivity contribution in [3.63, 3.8) is 0 Å². The first kappa shape index (κ1) is 13.6. The molecule has 0 aliphatic rings. The van der Waals surface area contributed by atoms with Crippen LogP contribution in [0.15, 0.2) is 23.0 Å². The van der Waals surface area contributed by atoms with Gasteiger partial charge in [0.1, 0.15) is 0 Å². The zero-order chi connectivity index (χ0) is 14.3. The summed E-state index contributed by atoms with van der Waals surface area (Å²) in [6, 6.07) is 5.47. The number of fused-ring (bicyclic) bond motifs is 1. The van der Waals surface area contributed by atoms with Crippen LogP contribution in [0, 0.1) is 11.8 Å². The van der Waals surface area contributed by atoms with Crippen molar-refractivity contribution in [3.8, 4) is 0 Å². The summed E-state index contributed by atoms with van der Waals surface area (Å²) in [5, 5.41) is 0. The maximum atomic E-state index is 12.3. The number of aromatic nitrogens is 2. The Morgan fingerprint density at radius 1 is 1.05 bits per heavy atom. The summed E-state index contributed by atoms with van der Waals surface area (Å²) in [5.74, 6) is 0.425. The van der Waals surface area contributed by atoms with Crippen LogP contribution >= 0.6 is 0 Å². The minimum Gasteiger partial charge on any atom is -0.295 e. The summed E-state index contributed by atoms with van der Waals surface area (Å²) < 4.78 is 3.17. The molecule has 19 heavy (non-hydrogen) atoms. The van der Waals surface area contributed by atoms with Crippen LogP contribution in [0.1, 0.15) is 31.1 Å². The van der Waals surface area contributed by atoms with Gasteiger partial charge in [-0.2, -0.15) is 0 Å². The zero-order valence-corrected chi connectivity index (χ0v) is 12.1. The number of benzene rings is 1. The lowest BCUT2D eigenvalue weighted by Crippen LogP contribution is -2.19. The fraction of sp³-hybridized carbons (Fsp3) is 0.467. The number of carbonyl (C=O) groups is 1. The van der Waals surface area contributed by atoms with Crippen LogP contribution in [0.2, 0.25) is 0 Å². The minimum atomic E-state index is -0.0727. The Morgan fingerprint density at radius 3 is 2.21 bits per heavy atom. The molecule has 1 aromatic heterocycles. The second-order valence-corrected chi connectivity index (χ2v) is 5.50. The summed E-state index contributed by atoms with van der Waals surface area (Å²) >= 11 is 0. The van der Waals surface area contributed by atoms with E-state index in [1.54, 1.807) is 23.2 Å². The van der Waals surface area contributed by atoms with Crippen LogP contribution in [-0.4, -0.2) is 14.9 Å². The van der Waals surface area contributed by atoms with Crippen molar-refractivity contribution in [2.24, 2.45) is 25.9 Å². The molecular formula is C15H20N2O2. The number of hydrogen-bond acceptors (Lipinski definition) is 2. The Hall–Kier alpha value is -1.84. The fourth-order valence-corrected chi connectivity index (χ4v) is 2.23. The highest BCUT2D eigenvalue weighted by Gasteiger charge is 2.19. The number of ketones is 1.